The maximum absolute atomic E-state index is 13.0. The monoisotopic (exact) mass is 405 g/mol. The highest BCUT2D eigenvalue weighted by atomic mass is 19.4. The van der Waals surface area contributed by atoms with E-state index in [9.17, 15) is 22.4 Å². The number of carbonyl (C=O) groups is 1. The third-order valence-electron chi connectivity index (χ3n) is 4.76. The quantitative estimate of drug-likeness (QED) is 0.604. The van der Waals surface area contributed by atoms with Crippen molar-refractivity contribution in [2.45, 2.75) is 25.1 Å². The van der Waals surface area contributed by atoms with Crippen LogP contribution >= 0.6 is 0 Å². The number of halogens is 4. The molecule has 5 nitrogen and oxygen atoms in total. The van der Waals surface area contributed by atoms with Crippen LogP contribution in [0.2, 0.25) is 0 Å². The maximum Gasteiger partial charge on any atom is 0.416 e. The van der Waals surface area contributed by atoms with Crippen molar-refractivity contribution in [3.63, 3.8) is 0 Å². The van der Waals surface area contributed by atoms with Gasteiger partial charge in [-0.1, -0.05) is 17.3 Å². The SMILES string of the molecule is O=C1CC(c2nc(-c3ccc(F)cc3)no2)CN1Cc1ccc(C(F)(F)F)cc1. The Kier molecular flexibility index (Phi) is 4.81. The Morgan fingerprint density at radius 2 is 1.76 bits per heavy atom. The molecule has 1 aliphatic heterocycles. The smallest absolute Gasteiger partial charge is 0.339 e. The fraction of sp³-hybridized carbons (Fsp3) is 0.250. The lowest BCUT2D eigenvalue weighted by atomic mass is 10.1. The average Bonchev–Trinajstić information content (AvgIpc) is 3.30. The van der Waals surface area contributed by atoms with Crippen LogP contribution in [0, 0.1) is 5.82 Å². The molecule has 150 valence electrons. The van der Waals surface area contributed by atoms with Crippen LogP contribution in [0.3, 0.4) is 0 Å². The lowest BCUT2D eigenvalue weighted by Gasteiger charge is -2.16. The summed E-state index contributed by atoms with van der Waals surface area (Å²) >= 11 is 0. The minimum absolute atomic E-state index is 0.142. The molecule has 29 heavy (non-hydrogen) atoms. The Hall–Kier alpha value is -3.23. The van der Waals surface area contributed by atoms with Gasteiger partial charge in [0, 0.05) is 25.1 Å². The lowest BCUT2D eigenvalue weighted by molar-refractivity contribution is -0.137. The first-order valence-electron chi connectivity index (χ1n) is 8.83. The van der Waals surface area contributed by atoms with E-state index < -0.39 is 11.7 Å². The molecular weight excluding hydrogens is 390 g/mol. The second kappa shape index (κ2) is 7.31. The molecule has 2 heterocycles. The van der Waals surface area contributed by atoms with Crippen molar-refractivity contribution >= 4 is 5.91 Å². The molecule has 2 aromatic carbocycles. The van der Waals surface area contributed by atoms with Gasteiger partial charge in [0.15, 0.2) is 0 Å². The number of aromatic nitrogens is 2. The summed E-state index contributed by atoms with van der Waals surface area (Å²) in [5, 5.41) is 3.88. The number of rotatable bonds is 4. The molecule has 1 unspecified atom stereocenters. The van der Waals surface area contributed by atoms with E-state index in [1.165, 1.54) is 36.4 Å². The normalized spacial score (nSPS) is 17.2. The number of likely N-dealkylation sites (tertiary alicyclic amines) is 1. The third-order valence-corrected chi connectivity index (χ3v) is 4.76. The predicted molar refractivity (Wildman–Crippen MR) is 93.9 cm³/mol. The Balaban J connectivity index is 1.44. The summed E-state index contributed by atoms with van der Waals surface area (Å²) < 4.78 is 56.3. The molecule has 0 saturated carbocycles. The Morgan fingerprint density at radius 3 is 2.41 bits per heavy atom. The van der Waals surface area contributed by atoms with Gasteiger partial charge in [0.2, 0.25) is 17.6 Å². The summed E-state index contributed by atoms with van der Waals surface area (Å²) in [6.07, 6.45) is -4.22. The molecule has 1 fully saturated rings. The van der Waals surface area contributed by atoms with Crippen molar-refractivity contribution in [3.05, 3.63) is 71.4 Å². The van der Waals surface area contributed by atoms with Crippen molar-refractivity contribution < 1.29 is 26.9 Å². The van der Waals surface area contributed by atoms with Crippen LogP contribution in [0.25, 0.3) is 11.4 Å². The summed E-state index contributed by atoms with van der Waals surface area (Å²) in [6, 6.07) is 10.4. The van der Waals surface area contributed by atoms with Crippen molar-refractivity contribution in [2.24, 2.45) is 0 Å². The highest BCUT2D eigenvalue weighted by molar-refractivity contribution is 5.79. The number of benzene rings is 2. The summed E-state index contributed by atoms with van der Waals surface area (Å²) in [6.45, 7) is 0.525. The largest absolute Gasteiger partial charge is 0.416 e. The van der Waals surface area contributed by atoms with Gasteiger partial charge in [-0.15, -0.1) is 0 Å². The van der Waals surface area contributed by atoms with Crippen LogP contribution < -0.4 is 0 Å². The molecule has 1 aliphatic rings. The molecule has 4 rings (SSSR count). The lowest BCUT2D eigenvalue weighted by Crippen LogP contribution is -2.24. The van der Waals surface area contributed by atoms with Crippen LogP contribution in [-0.2, 0) is 17.5 Å². The molecule has 1 atom stereocenters. The Bertz CT molecular complexity index is 1010. The number of hydrogen-bond acceptors (Lipinski definition) is 4. The minimum atomic E-state index is -4.40. The van der Waals surface area contributed by atoms with Gasteiger partial charge in [0.05, 0.1) is 11.5 Å². The van der Waals surface area contributed by atoms with Gasteiger partial charge in [-0.2, -0.15) is 18.2 Å². The van der Waals surface area contributed by atoms with Crippen LogP contribution in [0.1, 0.15) is 29.4 Å². The van der Waals surface area contributed by atoms with E-state index in [1.807, 2.05) is 0 Å². The fourth-order valence-corrected chi connectivity index (χ4v) is 3.23. The maximum atomic E-state index is 13.0. The van der Waals surface area contributed by atoms with E-state index in [1.54, 1.807) is 4.90 Å². The summed E-state index contributed by atoms with van der Waals surface area (Å²) in [5.41, 5.74) is 0.461. The van der Waals surface area contributed by atoms with Crippen LogP contribution in [0.4, 0.5) is 17.6 Å². The van der Waals surface area contributed by atoms with Gasteiger partial charge >= 0.3 is 6.18 Å². The van der Waals surface area contributed by atoms with Crippen molar-refractivity contribution in [1.82, 2.24) is 15.0 Å². The van der Waals surface area contributed by atoms with Crippen molar-refractivity contribution in [3.8, 4) is 11.4 Å². The summed E-state index contributed by atoms with van der Waals surface area (Å²) in [4.78, 5) is 18.2. The Morgan fingerprint density at radius 1 is 1.07 bits per heavy atom. The molecular formula is C20H15F4N3O2. The Labute approximate surface area is 162 Å². The topological polar surface area (TPSA) is 59.2 Å². The third kappa shape index (κ3) is 4.13. The first-order valence-corrected chi connectivity index (χ1v) is 8.83. The number of nitrogens with zero attached hydrogens (tertiary/aromatic N) is 3. The minimum Gasteiger partial charge on any atom is -0.339 e. The van der Waals surface area contributed by atoms with E-state index >= 15 is 0 Å². The molecule has 1 amide bonds. The van der Waals surface area contributed by atoms with Gasteiger partial charge in [-0.3, -0.25) is 4.79 Å². The number of carbonyl (C=O) groups excluding carboxylic acids is 1. The van der Waals surface area contributed by atoms with Gasteiger partial charge < -0.3 is 9.42 Å². The van der Waals surface area contributed by atoms with Crippen LogP contribution in [0.15, 0.2) is 53.1 Å². The second-order valence-electron chi connectivity index (χ2n) is 6.83. The van der Waals surface area contributed by atoms with E-state index in [0.29, 0.717) is 29.4 Å². The van der Waals surface area contributed by atoms with Crippen molar-refractivity contribution in [2.75, 3.05) is 6.54 Å². The predicted octanol–water partition coefficient (Wildman–Crippen LogP) is 4.41. The number of amides is 1. The zero-order chi connectivity index (χ0) is 20.6. The van der Waals surface area contributed by atoms with Crippen molar-refractivity contribution in [1.29, 1.82) is 0 Å². The average molecular weight is 405 g/mol. The van der Waals surface area contributed by atoms with Gasteiger partial charge in [0.25, 0.3) is 0 Å². The summed E-state index contributed by atoms with van der Waals surface area (Å²) in [7, 11) is 0. The fourth-order valence-electron chi connectivity index (χ4n) is 3.23. The standard InChI is InChI=1S/C20H15F4N3O2/c21-16-7-3-13(4-8-16)18-25-19(29-26-18)14-9-17(28)27(11-14)10-12-1-5-15(6-2-12)20(22,23)24/h1-8,14H,9-11H2. The van der Waals surface area contributed by atoms with E-state index in [0.717, 1.165) is 12.1 Å². The highest BCUT2D eigenvalue weighted by Gasteiger charge is 2.35. The number of alkyl halides is 3. The van der Waals surface area contributed by atoms with Crippen LogP contribution in [-0.4, -0.2) is 27.5 Å². The second-order valence-corrected chi connectivity index (χ2v) is 6.83. The molecule has 0 spiro atoms. The van der Waals surface area contributed by atoms with Gasteiger partial charge in [0.1, 0.15) is 5.82 Å². The summed E-state index contributed by atoms with van der Waals surface area (Å²) in [5.74, 6) is -0.228. The van der Waals surface area contributed by atoms with E-state index in [4.69, 9.17) is 4.52 Å². The zero-order valence-electron chi connectivity index (χ0n) is 15.0. The highest BCUT2D eigenvalue weighted by Crippen LogP contribution is 2.31. The van der Waals surface area contributed by atoms with Gasteiger partial charge in [-0.25, -0.2) is 4.39 Å². The zero-order valence-corrected chi connectivity index (χ0v) is 15.0. The molecule has 0 radical (unpaired) electrons. The molecule has 1 saturated heterocycles. The molecule has 0 aliphatic carbocycles. The van der Waals surface area contributed by atoms with Crippen LogP contribution in [0.5, 0.6) is 0 Å². The molecule has 0 bridgehead atoms. The molecule has 9 heteroatoms. The molecule has 1 aromatic heterocycles. The van der Waals surface area contributed by atoms with E-state index in [-0.39, 0.29) is 30.6 Å². The van der Waals surface area contributed by atoms with E-state index in [2.05, 4.69) is 10.1 Å². The molecule has 3 aromatic rings. The molecule has 0 N–H and O–H groups in total. The number of hydrogen-bond donors (Lipinski definition) is 0. The first-order chi connectivity index (χ1) is 13.8. The van der Waals surface area contributed by atoms with Gasteiger partial charge in [-0.05, 0) is 42.0 Å². The first kappa shape index (κ1) is 19.1.